The minimum absolute atomic E-state index is 0.0591. The molecule has 1 unspecified atom stereocenters. The van der Waals surface area contributed by atoms with E-state index in [4.69, 9.17) is 4.74 Å². The first kappa shape index (κ1) is 11.8. The molecule has 0 fully saturated rings. The van der Waals surface area contributed by atoms with E-state index in [1.165, 1.54) is 5.56 Å². The first-order chi connectivity index (χ1) is 9.28. The standard InChI is InChI=1S/C16H15NO2/c1-19-13-8-6-11(7-9-13)14-10-12-4-2-3-5-15(12)17-16(14)18/h2-9,14H,10H2,1H3,(H,17,18). The summed E-state index contributed by atoms with van der Waals surface area (Å²) in [7, 11) is 1.64. The molecule has 2 aromatic rings. The molecular weight excluding hydrogens is 238 g/mol. The molecule has 1 aliphatic rings. The minimum atomic E-state index is -0.124. The molecule has 96 valence electrons. The van der Waals surface area contributed by atoms with E-state index in [2.05, 4.69) is 11.4 Å². The number of nitrogens with one attached hydrogen (secondary N) is 1. The molecule has 2 aromatic carbocycles. The van der Waals surface area contributed by atoms with E-state index in [0.29, 0.717) is 0 Å². The van der Waals surface area contributed by atoms with Crippen LogP contribution in [0.1, 0.15) is 17.0 Å². The van der Waals surface area contributed by atoms with Crippen molar-refractivity contribution in [3.63, 3.8) is 0 Å². The second-order valence-corrected chi connectivity index (χ2v) is 4.68. The van der Waals surface area contributed by atoms with Crippen molar-refractivity contribution < 1.29 is 9.53 Å². The number of methoxy groups -OCH3 is 1. The van der Waals surface area contributed by atoms with Gasteiger partial charge in [0.05, 0.1) is 13.0 Å². The number of hydrogen-bond donors (Lipinski definition) is 1. The molecule has 0 saturated carbocycles. The average molecular weight is 253 g/mol. The minimum Gasteiger partial charge on any atom is -0.497 e. The third-order valence-electron chi connectivity index (χ3n) is 3.53. The molecule has 0 aromatic heterocycles. The number of carbonyl (C=O) groups excluding carboxylic acids is 1. The van der Waals surface area contributed by atoms with Crippen molar-refractivity contribution in [1.82, 2.24) is 0 Å². The summed E-state index contributed by atoms with van der Waals surface area (Å²) in [5, 5.41) is 2.97. The maximum atomic E-state index is 12.2. The third kappa shape index (κ3) is 2.19. The Hall–Kier alpha value is -2.29. The van der Waals surface area contributed by atoms with E-state index >= 15 is 0 Å². The molecule has 0 saturated heterocycles. The summed E-state index contributed by atoms with van der Waals surface area (Å²) in [6.07, 6.45) is 0.744. The molecule has 3 heteroatoms. The topological polar surface area (TPSA) is 38.3 Å². The number of ether oxygens (including phenoxy) is 1. The number of para-hydroxylation sites is 1. The maximum Gasteiger partial charge on any atom is 0.232 e. The van der Waals surface area contributed by atoms with Crippen molar-refractivity contribution in [2.75, 3.05) is 12.4 Å². The van der Waals surface area contributed by atoms with Gasteiger partial charge < -0.3 is 10.1 Å². The molecule has 1 aliphatic heterocycles. The molecule has 3 nitrogen and oxygen atoms in total. The fourth-order valence-corrected chi connectivity index (χ4v) is 2.46. The van der Waals surface area contributed by atoms with Crippen LogP contribution in [0.5, 0.6) is 5.75 Å². The molecule has 1 atom stereocenters. The highest BCUT2D eigenvalue weighted by atomic mass is 16.5. The Kier molecular flexibility index (Phi) is 2.95. The summed E-state index contributed by atoms with van der Waals surface area (Å²) in [5.41, 5.74) is 3.13. The van der Waals surface area contributed by atoms with E-state index in [-0.39, 0.29) is 11.8 Å². The van der Waals surface area contributed by atoms with E-state index in [0.717, 1.165) is 23.4 Å². The molecule has 0 aliphatic carbocycles. The van der Waals surface area contributed by atoms with Crippen LogP contribution in [-0.2, 0) is 11.2 Å². The van der Waals surface area contributed by atoms with Gasteiger partial charge in [0.1, 0.15) is 5.75 Å². The van der Waals surface area contributed by atoms with Gasteiger partial charge in [-0.15, -0.1) is 0 Å². The molecular formula is C16H15NO2. The van der Waals surface area contributed by atoms with Crippen LogP contribution in [0.15, 0.2) is 48.5 Å². The zero-order valence-electron chi connectivity index (χ0n) is 10.7. The van der Waals surface area contributed by atoms with Crippen LogP contribution >= 0.6 is 0 Å². The Labute approximate surface area is 112 Å². The Morgan fingerprint density at radius 2 is 1.84 bits per heavy atom. The van der Waals surface area contributed by atoms with Gasteiger partial charge in [0.2, 0.25) is 5.91 Å². The van der Waals surface area contributed by atoms with Crippen molar-refractivity contribution >= 4 is 11.6 Å². The van der Waals surface area contributed by atoms with Gasteiger partial charge >= 0.3 is 0 Å². The van der Waals surface area contributed by atoms with Crippen molar-refractivity contribution in [3.05, 3.63) is 59.7 Å². The Morgan fingerprint density at radius 1 is 1.11 bits per heavy atom. The van der Waals surface area contributed by atoms with Crippen molar-refractivity contribution in [2.24, 2.45) is 0 Å². The van der Waals surface area contributed by atoms with E-state index in [1.807, 2.05) is 42.5 Å². The number of hydrogen-bond acceptors (Lipinski definition) is 2. The quantitative estimate of drug-likeness (QED) is 0.893. The molecule has 1 heterocycles. The number of rotatable bonds is 2. The van der Waals surface area contributed by atoms with E-state index in [1.54, 1.807) is 7.11 Å². The number of anilines is 1. The van der Waals surface area contributed by atoms with Crippen LogP contribution in [0.2, 0.25) is 0 Å². The lowest BCUT2D eigenvalue weighted by molar-refractivity contribution is -0.117. The Bertz CT molecular complexity index is 604. The smallest absolute Gasteiger partial charge is 0.232 e. The van der Waals surface area contributed by atoms with Crippen molar-refractivity contribution in [1.29, 1.82) is 0 Å². The number of benzene rings is 2. The summed E-state index contributed by atoms with van der Waals surface area (Å²) < 4.78 is 5.14. The molecule has 1 N–H and O–H groups in total. The van der Waals surface area contributed by atoms with Crippen LogP contribution in [-0.4, -0.2) is 13.0 Å². The summed E-state index contributed by atoms with van der Waals surface area (Å²) in [6, 6.07) is 15.6. The predicted molar refractivity (Wildman–Crippen MR) is 74.5 cm³/mol. The summed E-state index contributed by atoms with van der Waals surface area (Å²) in [6.45, 7) is 0. The molecule has 0 bridgehead atoms. The first-order valence-corrected chi connectivity index (χ1v) is 6.30. The monoisotopic (exact) mass is 253 g/mol. The van der Waals surface area contributed by atoms with Gasteiger partial charge in [0.25, 0.3) is 0 Å². The summed E-state index contributed by atoms with van der Waals surface area (Å²) in [5.74, 6) is 0.741. The van der Waals surface area contributed by atoms with Crippen LogP contribution in [0.3, 0.4) is 0 Å². The van der Waals surface area contributed by atoms with Gasteiger partial charge in [-0.2, -0.15) is 0 Å². The molecule has 0 spiro atoms. The highest BCUT2D eigenvalue weighted by Gasteiger charge is 2.27. The number of amides is 1. The first-order valence-electron chi connectivity index (χ1n) is 6.30. The second-order valence-electron chi connectivity index (χ2n) is 4.68. The third-order valence-corrected chi connectivity index (χ3v) is 3.53. The molecule has 3 rings (SSSR count). The summed E-state index contributed by atoms with van der Waals surface area (Å²) in [4.78, 5) is 12.2. The highest BCUT2D eigenvalue weighted by molar-refractivity contribution is 5.98. The van der Waals surface area contributed by atoms with Crippen LogP contribution in [0, 0.1) is 0 Å². The zero-order valence-corrected chi connectivity index (χ0v) is 10.7. The zero-order chi connectivity index (χ0) is 13.2. The van der Waals surface area contributed by atoms with Crippen LogP contribution < -0.4 is 10.1 Å². The van der Waals surface area contributed by atoms with Gasteiger partial charge in [-0.1, -0.05) is 30.3 Å². The Morgan fingerprint density at radius 3 is 2.58 bits per heavy atom. The lowest BCUT2D eigenvalue weighted by Crippen LogP contribution is -2.28. The average Bonchev–Trinajstić information content (AvgIpc) is 2.47. The van der Waals surface area contributed by atoms with E-state index in [9.17, 15) is 4.79 Å². The highest BCUT2D eigenvalue weighted by Crippen LogP contribution is 2.31. The normalized spacial score (nSPS) is 17.5. The van der Waals surface area contributed by atoms with Gasteiger partial charge in [-0.25, -0.2) is 0 Å². The van der Waals surface area contributed by atoms with Gasteiger partial charge in [-0.3, -0.25) is 4.79 Å². The maximum absolute atomic E-state index is 12.2. The lowest BCUT2D eigenvalue weighted by atomic mass is 9.87. The van der Waals surface area contributed by atoms with Crippen molar-refractivity contribution in [2.45, 2.75) is 12.3 Å². The van der Waals surface area contributed by atoms with E-state index < -0.39 is 0 Å². The van der Waals surface area contributed by atoms with Gasteiger partial charge in [-0.05, 0) is 35.7 Å². The Balaban J connectivity index is 1.91. The SMILES string of the molecule is COc1ccc(C2Cc3ccccc3NC2=O)cc1. The molecule has 0 radical (unpaired) electrons. The van der Waals surface area contributed by atoms with Crippen LogP contribution in [0.25, 0.3) is 0 Å². The van der Waals surface area contributed by atoms with Gasteiger partial charge in [0.15, 0.2) is 0 Å². The molecule has 19 heavy (non-hydrogen) atoms. The molecule has 1 amide bonds. The fourth-order valence-electron chi connectivity index (χ4n) is 2.46. The van der Waals surface area contributed by atoms with Crippen molar-refractivity contribution in [3.8, 4) is 5.75 Å². The van der Waals surface area contributed by atoms with Gasteiger partial charge in [0, 0.05) is 5.69 Å². The lowest BCUT2D eigenvalue weighted by Gasteiger charge is -2.24. The number of fused-ring (bicyclic) bond motifs is 1. The predicted octanol–water partition coefficient (Wildman–Crippen LogP) is 2.97. The summed E-state index contributed by atoms with van der Waals surface area (Å²) >= 11 is 0. The second kappa shape index (κ2) is 4.76. The largest absolute Gasteiger partial charge is 0.497 e. The number of carbonyl (C=O) groups is 1. The van der Waals surface area contributed by atoms with Crippen LogP contribution in [0.4, 0.5) is 5.69 Å². The fraction of sp³-hybridized carbons (Fsp3) is 0.188.